The smallest absolute Gasteiger partial charge is 0.326 e. The SMILES string of the molecule is CSCCC(N)C(=O)NC(Cc1ccccc1)C(=O)NC(CC(C)C)C(=O)NC(CC(=O)O)C(=O)O. The molecule has 1 aromatic rings. The lowest BCUT2D eigenvalue weighted by molar-refractivity contribution is -0.147. The quantitative estimate of drug-likeness (QED) is 0.177. The molecule has 4 atom stereocenters. The second kappa shape index (κ2) is 15.8. The zero-order valence-electron chi connectivity index (χ0n) is 20.7. The van der Waals surface area contributed by atoms with Gasteiger partial charge in [-0.1, -0.05) is 44.2 Å². The van der Waals surface area contributed by atoms with Gasteiger partial charge in [-0.05, 0) is 36.3 Å². The lowest BCUT2D eigenvalue weighted by atomic mass is 10.0. The fourth-order valence-corrected chi connectivity index (χ4v) is 3.83. The van der Waals surface area contributed by atoms with Crippen LogP contribution >= 0.6 is 11.8 Å². The molecule has 0 aromatic heterocycles. The summed E-state index contributed by atoms with van der Waals surface area (Å²) in [4.78, 5) is 61.1. The Kier molecular flexibility index (Phi) is 13.6. The number of aliphatic carboxylic acids is 2. The van der Waals surface area contributed by atoms with Gasteiger partial charge in [-0.15, -0.1) is 0 Å². The van der Waals surface area contributed by atoms with Gasteiger partial charge in [0.25, 0.3) is 0 Å². The Labute approximate surface area is 215 Å². The standard InChI is InChI=1S/C24H36N4O7S/c1-14(2)11-17(22(32)28-19(24(34)35)13-20(29)30)27-23(33)18(12-15-7-5-4-6-8-15)26-21(31)16(25)9-10-36-3/h4-8,14,16-19H,9-13,25H2,1-3H3,(H,26,31)(H,27,33)(H,28,32)(H,29,30)(H,34,35). The summed E-state index contributed by atoms with van der Waals surface area (Å²) in [5.41, 5.74) is 6.73. The maximum absolute atomic E-state index is 13.3. The highest BCUT2D eigenvalue weighted by molar-refractivity contribution is 7.98. The minimum absolute atomic E-state index is 0.0640. The molecule has 12 heteroatoms. The third-order valence-electron chi connectivity index (χ3n) is 5.22. The number of carboxylic acid groups (broad SMARTS) is 2. The van der Waals surface area contributed by atoms with Crippen molar-refractivity contribution in [2.24, 2.45) is 11.7 Å². The summed E-state index contributed by atoms with van der Waals surface area (Å²) >= 11 is 1.54. The van der Waals surface area contributed by atoms with Gasteiger partial charge in [-0.2, -0.15) is 11.8 Å². The first-order valence-electron chi connectivity index (χ1n) is 11.6. The molecule has 36 heavy (non-hydrogen) atoms. The Morgan fingerprint density at radius 3 is 1.97 bits per heavy atom. The Balaban J connectivity index is 3.08. The first-order chi connectivity index (χ1) is 16.9. The highest BCUT2D eigenvalue weighted by atomic mass is 32.2. The summed E-state index contributed by atoms with van der Waals surface area (Å²) in [7, 11) is 0. The molecule has 4 unspecified atom stereocenters. The van der Waals surface area contributed by atoms with Crippen molar-refractivity contribution < 1.29 is 34.2 Å². The molecule has 0 aliphatic carbocycles. The Bertz CT molecular complexity index is 898. The van der Waals surface area contributed by atoms with E-state index >= 15 is 0 Å². The van der Waals surface area contributed by atoms with Crippen molar-refractivity contribution in [3.63, 3.8) is 0 Å². The number of nitrogens with two attached hydrogens (primary N) is 1. The largest absolute Gasteiger partial charge is 0.481 e. The van der Waals surface area contributed by atoms with Gasteiger partial charge in [-0.3, -0.25) is 19.2 Å². The van der Waals surface area contributed by atoms with E-state index < -0.39 is 60.2 Å². The molecule has 0 radical (unpaired) electrons. The van der Waals surface area contributed by atoms with Crippen molar-refractivity contribution in [2.45, 2.75) is 63.7 Å². The number of benzene rings is 1. The molecule has 0 aliphatic rings. The summed E-state index contributed by atoms with van der Waals surface area (Å²) in [6.07, 6.45) is 1.80. The summed E-state index contributed by atoms with van der Waals surface area (Å²) in [6.45, 7) is 3.62. The van der Waals surface area contributed by atoms with Crippen LogP contribution in [0, 0.1) is 5.92 Å². The summed E-state index contributed by atoms with van der Waals surface area (Å²) in [6, 6.07) is 4.32. The molecule has 0 fully saturated rings. The van der Waals surface area contributed by atoms with Crippen molar-refractivity contribution in [3.05, 3.63) is 35.9 Å². The number of carbonyl (C=O) groups excluding carboxylic acids is 3. The maximum atomic E-state index is 13.3. The topological polar surface area (TPSA) is 188 Å². The van der Waals surface area contributed by atoms with Crippen LogP contribution in [0.15, 0.2) is 30.3 Å². The number of thioether (sulfide) groups is 1. The zero-order chi connectivity index (χ0) is 27.3. The average Bonchev–Trinajstić information content (AvgIpc) is 2.80. The molecule has 0 saturated heterocycles. The van der Waals surface area contributed by atoms with Crippen molar-refractivity contribution in [1.82, 2.24) is 16.0 Å². The Morgan fingerprint density at radius 1 is 0.889 bits per heavy atom. The number of hydrogen-bond donors (Lipinski definition) is 6. The number of rotatable bonds is 16. The summed E-state index contributed by atoms with van der Waals surface area (Å²) < 4.78 is 0. The lowest BCUT2D eigenvalue weighted by Gasteiger charge is -2.26. The maximum Gasteiger partial charge on any atom is 0.326 e. The number of carbonyl (C=O) groups is 5. The molecule has 0 spiro atoms. The first kappa shape index (κ1) is 30.9. The number of amides is 3. The van der Waals surface area contributed by atoms with Gasteiger partial charge in [0, 0.05) is 6.42 Å². The molecule has 1 rings (SSSR count). The third kappa shape index (κ3) is 11.5. The molecule has 11 nitrogen and oxygen atoms in total. The second-order valence-electron chi connectivity index (χ2n) is 8.83. The van der Waals surface area contributed by atoms with E-state index in [1.807, 2.05) is 26.2 Å². The normalized spacial score (nSPS) is 14.2. The van der Waals surface area contributed by atoms with Gasteiger partial charge >= 0.3 is 11.9 Å². The molecule has 0 bridgehead atoms. The fourth-order valence-electron chi connectivity index (χ4n) is 3.34. The zero-order valence-corrected chi connectivity index (χ0v) is 21.5. The fraction of sp³-hybridized carbons (Fsp3) is 0.542. The highest BCUT2D eigenvalue weighted by Crippen LogP contribution is 2.09. The molecule has 0 saturated carbocycles. The predicted molar refractivity (Wildman–Crippen MR) is 136 cm³/mol. The first-order valence-corrected chi connectivity index (χ1v) is 13.0. The van der Waals surface area contributed by atoms with E-state index in [0.717, 1.165) is 5.56 Å². The van der Waals surface area contributed by atoms with Crippen LogP contribution in [-0.2, 0) is 30.4 Å². The number of nitrogens with one attached hydrogen (secondary N) is 3. The van der Waals surface area contributed by atoms with Crippen LogP contribution in [0.5, 0.6) is 0 Å². The predicted octanol–water partition coefficient (Wildman–Crippen LogP) is 0.369. The lowest BCUT2D eigenvalue weighted by Crippen LogP contribution is -2.58. The van der Waals surface area contributed by atoms with E-state index in [1.165, 1.54) is 0 Å². The van der Waals surface area contributed by atoms with E-state index in [4.69, 9.17) is 10.8 Å². The van der Waals surface area contributed by atoms with Gasteiger partial charge in [0.1, 0.15) is 18.1 Å². The molecular weight excluding hydrogens is 488 g/mol. The average molecular weight is 525 g/mol. The molecule has 1 aromatic carbocycles. The minimum atomic E-state index is -1.66. The number of hydrogen-bond acceptors (Lipinski definition) is 7. The van der Waals surface area contributed by atoms with Crippen LogP contribution in [0.3, 0.4) is 0 Å². The van der Waals surface area contributed by atoms with Crippen LogP contribution in [0.1, 0.15) is 38.7 Å². The van der Waals surface area contributed by atoms with Crippen molar-refractivity contribution in [2.75, 3.05) is 12.0 Å². The number of carboxylic acids is 2. The Hall–Kier alpha value is -3.12. The molecule has 3 amide bonds. The Morgan fingerprint density at radius 2 is 1.44 bits per heavy atom. The van der Waals surface area contributed by atoms with Crippen LogP contribution in [0.25, 0.3) is 0 Å². The van der Waals surface area contributed by atoms with E-state index in [0.29, 0.717) is 12.2 Å². The van der Waals surface area contributed by atoms with Gasteiger partial charge in [-0.25, -0.2) is 4.79 Å². The van der Waals surface area contributed by atoms with Gasteiger partial charge in [0.05, 0.1) is 12.5 Å². The minimum Gasteiger partial charge on any atom is -0.481 e. The highest BCUT2D eigenvalue weighted by Gasteiger charge is 2.31. The van der Waals surface area contributed by atoms with E-state index in [-0.39, 0.29) is 18.8 Å². The summed E-state index contributed by atoms with van der Waals surface area (Å²) in [5.74, 6) is -4.27. The second-order valence-corrected chi connectivity index (χ2v) is 9.81. The van der Waals surface area contributed by atoms with Crippen LogP contribution in [0.2, 0.25) is 0 Å². The van der Waals surface area contributed by atoms with Gasteiger partial charge in [0.15, 0.2) is 0 Å². The van der Waals surface area contributed by atoms with Crippen molar-refractivity contribution >= 4 is 41.4 Å². The van der Waals surface area contributed by atoms with E-state index in [1.54, 1.807) is 36.0 Å². The third-order valence-corrected chi connectivity index (χ3v) is 5.86. The van der Waals surface area contributed by atoms with E-state index in [9.17, 15) is 29.1 Å². The van der Waals surface area contributed by atoms with E-state index in [2.05, 4.69) is 16.0 Å². The molecule has 7 N–H and O–H groups in total. The summed E-state index contributed by atoms with van der Waals surface area (Å²) in [5, 5.41) is 25.6. The van der Waals surface area contributed by atoms with Crippen LogP contribution < -0.4 is 21.7 Å². The van der Waals surface area contributed by atoms with Gasteiger partial charge in [0.2, 0.25) is 17.7 Å². The van der Waals surface area contributed by atoms with Crippen molar-refractivity contribution in [3.8, 4) is 0 Å². The molecule has 0 heterocycles. The molecule has 0 aliphatic heterocycles. The molecule has 200 valence electrons. The van der Waals surface area contributed by atoms with Crippen LogP contribution in [-0.4, -0.2) is 76.0 Å². The molecular formula is C24H36N4O7S. The van der Waals surface area contributed by atoms with Crippen LogP contribution in [0.4, 0.5) is 0 Å². The monoisotopic (exact) mass is 524 g/mol. The van der Waals surface area contributed by atoms with Gasteiger partial charge < -0.3 is 31.9 Å². The van der Waals surface area contributed by atoms with Crippen molar-refractivity contribution in [1.29, 1.82) is 0 Å².